The van der Waals surface area contributed by atoms with Gasteiger partial charge in [-0.1, -0.05) is 28.9 Å². The minimum atomic E-state index is 0.462. The number of hydrogen-bond acceptors (Lipinski definition) is 6. The van der Waals surface area contributed by atoms with Gasteiger partial charge in [-0.3, -0.25) is 0 Å². The second kappa shape index (κ2) is 5.55. The summed E-state index contributed by atoms with van der Waals surface area (Å²) in [5, 5.41) is 4.94. The van der Waals surface area contributed by atoms with Gasteiger partial charge in [0.15, 0.2) is 0 Å². The van der Waals surface area contributed by atoms with Gasteiger partial charge in [-0.2, -0.15) is 0 Å². The molecule has 3 aromatic rings. The first-order chi connectivity index (χ1) is 11.2. The van der Waals surface area contributed by atoms with Crippen molar-refractivity contribution in [2.45, 2.75) is 13.0 Å². The van der Waals surface area contributed by atoms with E-state index in [0.717, 1.165) is 41.4 Å². The van der Waals surface area contributed by atoms with Crippen LogP contribution in [0, 0.1) is 0 Å². The van der Waals surface area contributed by atoms with Crippen molar-refractivity contribution < 1.29 is 4.52 Å². The van der Waals surface area contributed by atoms with Crippen LogP contribution in [0.25, 0.3) is 11.3 Å². The molecule has 1 aromatic carbocycles. The number of benzene rings is 1. The van der Waals surface area contributed by atoms with Gasteiger partial charge in [-0.15, -0.1) is 0 Å². The first-order valence-corrected chi connectivity index (χ1v) is 7.64. The van der Waals surface area contributed by atoms with Crippen LogP contribution in [0.1, 0.15) is 11.3 Å². The molecular weight excluding hydrogens is 314 g/mol. The van der Waals surface area contributed by atoms with Gasteiger partial charge in [0.1, 0.15) is 29.4 Å². The zero-order valence-electron chi connectivity index (χ0n) is 12.2. The summed E-state index contributed by atoms with van der Waals surface area (Å²) in [7, 11) is 0. The Kier molecular flexibility index (Phi) is 3.38. The van der Waals surface area contributed by atoms with E-state index in [4.69, 9.17) is 21.9 Å². The van der Waals surface area contributed by atoms with Crippen LogP contribution in [0.2, 0.25) is 5.02 Å². The summed E-state index contributed by atoms with van der Waals surface area (Å²) in [6, 6.07) is 9.37. The number of halogens is 1. The van der Waals surface area contributed by atoms with E-state index in [9.17, 15) is 0 Å². The second-order valence-corrected chi connectivity index (χ2v) is 5.85. The van der Waals surface area contributed by atoms with Crippen LogP contribution in [-0.4, -0.2) is 21.7 Å². The van der Waals surface area contributed by atoms with Gasteiger partial charge in [0.05, 0.1) is 6.54 Å². The predicted octanol–water partition coefficient (Wildman–Crippen LogP) is 2.93. The minimum Gasteiger partial charge on any atom is -0.384 e. The van der Waals surface area contributed by atoms with Gasteiger partial charge >= 0.3 is 0 Å². The maximum atomic E-state index is 5.96. The molecule has 1 aliphatic heterocycles. The zero-order chi connectivity index (χ0) is 15.8. The van der Waals surface area contributed by atoms with Crippen molar-refractivity contribution in [1.82, 2.24) is 15.1 Å². The van der Waals surface area contributed by atoms with Gasteiger partial charge < -0.3 is 15.2 Å². The number of aromatic nitrogens is 3. The lowest BCUT2D eigenvalue weighted by molar-refractivity contribution is 0.379. The van der Waals surface area contributed by atoms with Gasteiger partial charge in [0.2, 0.25) is 0 Å². The highest BCUT2D eigenvalue weighted by Gasteiger charge is 2.25. The molecular formula is C16H14ClN5O. The van der Waals surface area contributed by atoms with Crippen molar-refractivity contribution in [3.63, 3.8) is 0 Å². The zero-order valence-corrected chi connectivity index (χ0v) is 13.0. The molecule has 0 aliphatic carbocycles. The lowest BCUT2D eigenvalue weighted by Gasteiger charge is -2.27. The Hall–Kier alpha value is -2.60. The smallest absolute Gasteiger partial charge is 0.144 e. The van der Waals surface area contributed by atoms with Crippen molar-refractivity contribution >= 4 is 23.2 Å². The first-order valence-electron chi connectivity index (χ1n) is 7.26. The summed E-state index contributed by atoms with van der Waals surface area (Å²) in [6.45, 7) is 1.48. The van der Waals surface area contributed by atoms with E-state index >= 15 is 0 Å². The van der Waals surface area contributed by atoms with Crippen LogP contribution >= 0.6 is 11.6 Å². The summed E-state index contributed by atoms with van der Waals surface area (Å²) in [6.07, 6.45) is 2.26. The van der Waals surface area contributed by atoms with E-state index in [1.165, 1.54) is 6.33 Å². The topological polar surface area (TPSA) is 81.1 Å². The molecule has 0 atom stereocenters. The number of nitrogens with two attached hydrogens (primary N) is 1. The fourth-order valence-corrected chi connectivity index (χ4v) is 2.90. The molecule has 0 amide bonds. The monoisotopic (exact) mass is 327 g/mol. The average molecular weight is 328 g/mol. The van der Waals surface area contributed by atoms with E-state index in [1.807, 2.05) is 24.3 Å². The Bertz CT molecular complexity index is 846. The summed E-state index contributed by atoms with van der Waals surface area (Å²) in [4.78, 5) is 10.4. The Balaban J connectivity index is 1.69. The Morgan fingerprint density at radius 3 is 2.78 bits per heavy atom. The number of anilines is 2. The molecule has 3 heterocycles. The molecule has 0 fully saturated rings. The fraction of sp³-hybridized carbons (Fsp3) is 0.188. The number of nitrogens with zero attached hydrogens (tertiary/aromatic N) is 4. The van der Waals surface area contributed by atoms with E-state index < -0.39 is 0 Å². The number of rotatable bonds is 2. The average Bonchev–Trinajstić information content (AvgIpc) is 2.99. The van der Waals surface area contributed by atoms with Crippen molar-refractivity contribution in [2.75, 3.05) is 17.2 Å². The molecule has 4 rings (SSSR count). The SMILES string of the molecule is Nc1cc(N2CCc3onc(-c4ccc(Cl)cc4)c3C2)ncn1. The highest BCUT2D eigenvalue weighted by atomic mass is 35.5. The maximum Gasteiger partial charge on any atom is 0.144 e. The Labute approximate surface area is 137 Å². The third kappa shape index (κ3) is 2.61. The van der Waals surface area contributed by atoms with Crippen LogP contribution in [-0.2, 0) is 13.0 Å². The standard InChI is InChI=1S/C16H14ClN5O/c17-11-3-1-10(2-4-11)16-12-8-22(6-5-13(12)23-21-16)15-7-14(18)19-9-20-15/h1-4,7,9H,5-6,8H2,(H2,18,19,20). The van der Waals surface area contributed by atoms with Crippen LogP contribution in [0.3, 0.4) is 0 Å². The third-order valence-electron chi connectivity index (χ3n) is 3.94. The second-order valence-electron chi connectivity index (χ2n) is 5.41. The van der Waals surface area contributed by atoms with Crippen LogP contribution in [0.5, 0.6) is 0 Å². The lowest BCUT2D eigenvalue weighted by atomic mass is 10.0. The molecule has 1 aliphatic rings. The van der Waals surface area contributed by atoms with Gasteiger partial charge in [0.25, 0.3) is 0 Å². The molecule has 116 valence electrons. The molecule has 2 aromatic heterocycles. The molecule has 0 radical (unpaired) electrons. The molecule has 2 N–H and O–H groups in total. The highest BCUT2D eigenvalue weighted by Crippen LogP contribution is 2.32. The van der Waals surface area contributed by atoms with Crippen molar-refractivity contribution in [3.8, 4) is 11.3 Å². The summed E-state index contributed by atoms with van der Waals surface area (Å²) in [5.41, 5.74) is 8.67. The van der Waals surface area contributed by atoms with Crippen molar-refractivity contribution in [3.05, 3.63) is 53.0 Å². The van der Waals surface area contributed by atoms with Crippen molar-refractivity contribution in [2.24, 2.45) is 0 Å². The van der Waals surface area contributed by atoms with E-state index in [0.29, 0.717) is 17.4 Å². The molecule has 0 saturated heterocycles. The van der Waals surface area contributed by atoms with Crippen LogP contribution in [0.15, 0.2) is 41.2 Å². The highest BCUT2D eigenvalue weighted by molar-refractivity contribution is 6.30. The molecule has 0 spiro atoms. The maximum absolute atomic E-state index is 5.96. The van der Waals surface area contributed by atoms with E-state index in [-0.39, 0.29) is 0 Å². The van der Waals surface area contributed by atoms with E-state index in [2.05, 4.69) is 20.0 Å². The molecule has 0 saturated carbocycles. The van der Waals surface area contributed by atoms with Gasteiger partial charge in [0, 0.05) is 35.2 Å². The lowest BCUT2D eigenvalue weighted by Crippen LogP contribution is -2.30. The molecule has 23 heavy (non-hydrogen) atoms. The number of hydrogen-bond donors (Lipinski definition) is 1. The van der Waals surface area contributed by atoms with Crippen LogP contribution in [0.4, 0.5) is 11.6 Å². The summed E-state index contributed by atoms with van der Waals surface area (Å²) in [5.74, 6) is 2.20. The number of nitrogen functional groups attached to an aromatic ring is 1. The van der Waals surface area contributed by atoms with Crippen molar-refractivity contribution in [1.29, 1.82) is 0 Å². The predicted molar refractivity (Wildman–Crippen MR) is 88.1 cm³/mol. The normalized spacial score (nSPS) is 13.9. The molecule has 0 bridgehead atoms. The molecule has 6 nitrogen and oxygen atoms in total. The summed E-state index contributed by atoms with van der Waals surface area (Å²) >= 11 is 5.96. The first kappa shape index (κ1) is 14.0. The molecule has 0 unspecified atom stereocenters. The Morgan fingerprint density at radius 1 is 1.17 bits per heavy atom. The molecule has 7 heteroatoms. The van der Waals surface area contributed by atoms with E-state index in [1.54, 1.807) is 6.07 Å². The quantitative estimate of drug-likeness (QED) is 0.779. The van der Waals surface area contributed by atoms with Gasteiger partial charge in [-0.05, 0) is 12.1 Å². The third-order valence-corrected chi connectivity index (χ3v) is 4.19. The largest absolute Gasteiger partial charge is 0.384 e. The number of fused-ring (bicyclic) bond motifs is 1. The van der Waals surface area contributed by atoms with Gasteiger partial charge in [-0.25, -0.2) is 9.97 Å². The minimum absolute atomic E-state index is 0.462. The summed E-state index contributed by atoms with van der Waals surface area (Å²) < 4.78 is 5.51. The Morgan fingerprint density at radius 2 is 2.00 bits per heavy atom. The van der Waals surface area contributed by atoms with Crippen LogP contribution < -0.4 is 10.6 Å². The fourth-order valence-electron chi connectivity index (χ4n) is 2.77.